The van der Waals surface area contributed by atoms with Crippen LogP contribution in [0.5, 0.6) is 0 Å². The van der Waals surface area contributed by atoms with Crippen LogP contribution < -0.4 is 15.5 Å². The molecule has 1 atom stereocenters. The topological polar surface area (TPSA) is 155 Å². The Labute approximate surface area is 218 Å². The summed E-state index contributed by atoms with van der Waals surface area (Å²) in [5.74, 6) is -4.17. The minimum atomic E-state index is -1.20. The van der Waals surface area contributed by atoms with Gasteiger partial charge < -0.3 is 30.0 Å². The molecule has 11 heteroatoms. The van der Waals surface area contributed by atoms with Crippen LogP contribution in [0.1, 0.15) is 21.8 Å². The standard InChI is InChI=1S/C27H26N4O7/c1-36-26(34)21-20(16-7-4-3-5-8-16)18(15-28)24(29)31(23(21)27(35)37-2)19-10-6-9-17(25(32)33)22(19)30-11-13-38-14-12-30/h3-10,20H,11-14,29H2,1-2H3,(H,32,33). The van der Waals surface area contributed by atoms with Gasteiger partial charge in [-0.15, -0.1) is 0 Å². The van der Waals surface area contributed by atoms with E-state index in [0.29, 0.717) is 31.9 Å². The van der Waals surface area contributed by atoms with Gasteiger partial charge in [0.15, 0.2) is 0 Å². The number of methoxy groups -OCH3 is 2. The fourth-order valence-electron chi connectivity index (χ4n) is 4.77. The second-order valence-electron chi connectivity index (χ2n) is 8.41. The number of nitriles is 1. The SMILES string of the molecule is COC(=O)C1=C(C(=O)OC)N(c2cccc(C(=O)O)c2N2CCOCC2)C(N)=C(C#N)C1c1ccccc1. The van der Waals surface area contributed by atoms with Crippen LogP contribution >= 0.6 is 0 Å². The summed E-state index contributed by atoms with van der Waals surface area (Å²) in [7, 11) is 2.31. The Hall–Kier alpha value is -4.82. The highest BCUT2D eigenvalue weighted by Crippen LogP contribution is 2.46. The van der Waals surface area contributed by atoms with E-state index in [4.69, 9.17) is 19.9 Å². The molecule has 2 aliphatic heterocycles. The lowest BCUT2D eigenvalue weighted by Gasteiger charge is -2.39. The van der Waals surface area contributed by atoms with Crippen molar-refractivity contribution in [3.05, 3.63) is 82.3 Å². The Kier molecular flexibility index (Phi) is 7.64. The third kappa shape index (κ3) is 4.53. The molecule has 2 aliphatic rings. The fourth-order valence-corrected chi connectivity index (χ4v) is 4.77. The minimum Gasteiger partial charge on any atom is -0.478 e. The molecule has 0 aromatic heterocycles. The molecule has 3 N–H and O–H groups in total. The van der Waals surface area contributed by atoms with E-state index < -0.39 is 23.8 Å². The van der Waals surface area contributed by atoms with Gasteiger partial charge in [-0.3, -0.25) is 4.90 Å². The molecular formula is C27H26N4O7. The van der Waals surface area contributed by atoms with E-state index in [2.05, 4.69) is 6.07 Å². The third-order valence-corrected chi connectivity index (χ3v) is 6.42. The zero-order valence-corrected chi connectivity index (χ0v) is 20.8. The van der Waals surface area contributed by atoms with Crippen LogP contribution in [0.15, 0.2) is 71.2 Å². The summed E-state index contributed by atoms with van der Waals surface area (Å²) < 4.78 is 15.6. The zero-order chi connectivity index (χ0) is 27.4. The maximum Gasteiger partial charge on any atom is 0.355 e. The number of hydrogen-bond acceptors (Lipinski definition) is 10. The molecule has 2 aromatic rings. The van der Waals surface area contributed by atoms with E-state index in [-0.39, 0.29) is 39.6 Å². The number of hydrogen-bond donors (Lipinski definition) is 2. The van der Waals surface area contributed by atoms with E-state index in [1.54, 1.807) is 41.3 Å². The van der Waals surface area contributed by atoms with Crippen molar-refractivity contribution >= 4 is 29.3 Å². The first-order valence-electron chi connectivity index (χ1n) is 11.7. The molecule has 38 heavy (non-hydrogen) atoms. The van der Waals surface area contributed by atoms with Crippen LogP contribution in [0.2, 0.25) is 0 Å². The fraction of sp³-hybridized carbons (Fsp3) is 0.259. The predicted octanol–water partition coefficient (Wildman–Crippen LogP) is 2.12. The van der Waals surface area contributed by atoms with Crippen LogP contribution in [0.25, 0.3) is 0 Å². The van der Waals surface area contributed by atoms with Gasteiger partial charge in [0.2, 0.25) is 0 Å². The molecule has 0 amide bonds. The summed E-state index contributed by atoms with van der Waals surface area (Å²) in [6.45, 7) is 1.44. The predicted molar refractivity (Wildman–Crippen MR) is 136 cm³/mol. The highest BCUT2D eigenvalue weighted by Gasteiger charge is 2.44. The first-order chi connectivity index (χ1) is 18.3. The zero-order valence-electron chi connectivity index (χ0n) is 20.8. The smallest absolute Gasteiger partial charge is 0.355 e. The molecule has 196 valence electrons. The summed E-state index contributed by atoms with van der Waals surface area (Å²) >= 11 is 0. The van der Waals surface area contributed by atoms with Gasteiger partial charge in [0.1, 0.15) is 11.5 Å². The van der Waals surface area contributed by atoms with Crippen molar-refractivity contribution in [2.24, 2.45) is 5.73 Å². The Balaban J connectivity index is 2.10. The molecule has 2 heterocycles. The van der Waals surface area contributed by atoms with E-state index in [1.807, 2.05) is 0 Å². The molecule has 0 spiro atoms. The van der Waals surface area contributed by atoms with Gasteiger partial charge in [0.05, 0.1) is 67.5 Å². The first kappa shape index (κ1) is 26.2. The third-order valence-electron chi connectivity index (χ3n) is 6.42. The van der Waals surface area contributed by atoms with Gasteiger partial charge in [-0.1, -0.05) is 36.4 Å². The maximum atomic E-state index is 13.4. The van der Waals surface area contributed by atoms with E-state index in [9.17, 15) is 24.8 Å². The Bertz CT molecular complexity index is 1370. The maximum absolute atomic E-state index is 13.4. The second kappa shape index (κ2) is 11.1. The molecular weight excluding hydrogens is 492 g/mol. The molecule has 0 saturated carbocycles. The van der Waals surface area contributed by atoms with Crippen LogP contribution in [0, 0.1) is 11.3 Å². The van der Waals surface area contributed by atoms with Gasteiger partial charge >= 0.3 is 17.9 Å². The number of carbonyl (C=O) groups excluding carboxylic acids is 2. The lowest BCUT2D eigenvalue weighted by molar-refractivity contribution is -0.139. The number of para-hydroxylation sites is 1. The second-order valence-corrected chi connectivity index (χ2v) is 8.41. The van der Waals surface area contributed by atoms with Gasteiger partial charge in [-0.25, -0.2) is 14.4 Å². The highest BCUT2D eigenvalue weighted by atomic mass is 16.5. The number of allylic oxidation sites excluding steroid dienone is 1. The van der Waals surface area contributed by atoms with Crippen molar-refractivity contribution in [1.82, 2.24) is 0 Å². The number of rotatable bonds is 6. The summed E-state index contributed by atoms with van der Waals surface area (Å²) in [6, 6.07) is 15.2. The lowest BCUT2D eigenvalue weighted by atomic mass is 9.80. The van der Waals surface area contributed by atoms with Crippen molar-refractivity contribution in [2.75, 3.05) is 50.3 Å². The Morgan fingerprint density at radius 3 is 2.26 bits per heavy atom. The first-order valence-corrected chi connectivity index (χ1v) is 11.7. The van der Waals surface area contributed by atoms with Crippen molar-refractivity contribution in [3.8, 4) is 6.07 Å². The number of benzene rings is 2. The summed E-state index contributed by atoms with van der Waals surface area (Å²) in [5, 5.41) is 20.3. The molecule has 11 nitrogen and oxygen atoms in total. The summed E-state index contributed by atoms with van der Waals surface area (Å²) in [5.41, 5.74) is 7.07. The number of esters is 2. The van der Waals surface area contributed by atoms with Gasteiger partial charge in [-0.2, -0.15) is 5.26 Å². The Morgan fingerprint density at radius 2 is 1.68 bits per heavy atom. The summed E-state index contributed by atoms with van der Waals surface area (Å²) in [6.07, 6.45) is 0. The average molecular weight is 519 g/mol. The molecule has 1 unspecified atom stereocenters. The molecule has 2 aromatic carbocycles. The molecule has 0 aliphatic carbocycles. The number of nitrogens with zero attached hydrogens (tertiary/aromatic N) is 3. The van der Waals surface area contributed by atoms with Crippen LogP contribution in [0.4, 0.5) is 11.4 Å². The van der Waals surface area contributed by atoms with Crippen molar-refractivity contribution in [3.63, 3.8) is 0 Å². The van der Waals surface area contributed by atoms with Gasteiger partial charge in [-0.05, 0) is 17.7 Å². The largest absolute Gasteiger partial charge is 0.478 e. The average Bonchev–Trinajstić information content (AvgIpc) is 2.96. The van der Waals surface area contributed by atoms with Crippen molar-refractivity contribution < 1.29 is 33.7 Å². The minimum absolute atomic E-state index is 0.0158. The quantitative estimate of drug-likeness (QED) is 0.540. The lowest BCUT2D eigenvalue weighted by Crippen LogP contribution is -2.43. The molecule has 1 fully saturated rings. The molecule has 1 saturated heterocycles. The van der Waals surface area contributed by atoms with Crippen molar-refractivity contribution in [2.45, 2.75) is 5.92 Å². The number of carboxylic acid groups (broad SMARTS) is 1. The summed E-state index contributed by atoms with van der Waals surface area (Å²) in [4.78, 5) is 41.9. The van der Waals surface area contributed by atoms with Crippen LogP contribution in [-0.4, -0.2) is 63.5 Å². The number of nitrogens with two attached hydrogens (primary N) is 1. The number of morpholine rings is 1. The van der Waals surface area contributed by atoms with E-state index >= 15 is 0 Å². The molecule has 0 radical (unpaired) electrons. The normalized spacial score (nSPS) is 17.7. The number of carbonyl (C=O) groups is 3. The Morgan fingerprint density at radius 1 is 1.03 bits per heavy atom. The number of aromatic carboxylic acids is 1. The van der Waals surface area contributed by atoms with Gasteiger partial charge in [0, 0.05) is 13.1 Å². The molecule has 0 bridgehead atoms. The van der Waals surface area contributed by atoms with Crippen LogP contribution in [0.3, 0.4) is 0 Å². The number of ether oxygens (including phenoxy) is 3. The van der Waals surface area contributed by atoms with Gasteiger partial charge in [0.25, 0.3) is 0 Å². The van der Waals surface area contributed by atoms with Crippen molar-refractivity contribution in [1.29, 1.82) is 5.26 Å². The monoisotopic (exact) mass is 518 g/mol. The highest BCUT2D eigenvalue weighted by molar-refractivity contribution is 6.08. The van der Waals surface area contributed by atoms with E-state index in [1.165, 1.54) is 17.0 Å². The molecule has 4 rings (SSSR count). The number of carboxylic acids is 1. The van der Waals surface area contributed by atoms with Crippen LogP contribution in [-0.2, 0) is 23.8 Å². The number of anilines is 2. The van der Waals surface area contributed by atoms with E-state index in [0.717, 1.165) is 14.2 Å².